The monoisotopic (exact) mass is 530 g/mol. The number of guanidine groups is 1. The maximum atomic E-state index is 5.71. The second kappa shape index (κ2) is 15.0. The molecule has 2 saturated heterocycles. The Morgan fingerprint density at radius 1 is 1.10 bits per heavy atom. The van der Waals surface area contributed by atoms with E-state index in [0.29, 0.717) is 19.8 Å². The van der Waals surface area contributed by atoms with Crippen LogP contribution in [0.5, 0.6) is 0 Å². The molecule has 7 heteroatoms. The van der Waals surface area contributed by atoms with Crippen molar-refractivity contribution >= 4 is 29.9 Å². The van der Waals surface area contributed by atoms with Crippen molar-refractivity contribution in [3.05, 3.63) is 35.4 Å². The average molecular weight is 530 g/mol. The summed E-state index contributed by atoms with van der Waals surface area (Å²) in [4.78, 5) is 7.27. The predicted molar refractivity (Wildman–Crippen MR) is 134 cm³/mol. The van der Waals surface area contributed by atoms with Crippen LogP contribution in [0.15, 0.2) is 29.3 Å². The van der Waals surface area contributed by atoms with Crippen LogP contribution in [-0.4, -0.2) is 63.0 Å². The number of benzene rings is 1. The van der Waals surface area contributed by atoms with E-state index in [1.165, 1.54) is 43.5 Å². The molecule has 1 unspecified atom stereocenters. The third kappa shape index (κ3) is 9.49. The fourth-order valence-corrected chi connectivity index (χ4v) is 3.87. The van der Waals surface area contributed by atoms with E-state index in [1.807, 2.05) is 0 Å². The average Bonchev–Trinajstić information content (AvgIpc) is 3.27. The zero-order valence-electron chi connectivity index (χ0n) is 18.4. The van der Waals surface area contributed by atoms with Gasteiger partial charge in [0.25, 0.3) is 0 Å². The van der Waals surface area contributed by atoms with Crippen molar-refractivity contribution in [3.63, 3.8) is 0 Å². The van der Waals surface area contributed by atoms with Crippen molar-refractivity contribution in [3.8, 4) is 0 Å². The lowest BCUT2D eigenvalue weighted by atomic mass is 10.1. The highest BCUT2D eigenvalue weighted by atomic mass is 127. The Morgan fingerprint density at radius 2 is 1.87 bits per heavy atom. The van der Waals surface area contributed by atoms with E-state index < -0.39 is 0 Å². The van der Waals surface area contributed by atoms with Crippen LogP contribution in [0.4, 0.5) is 0 Å². The number of halogens is 1. The van der Waals surface area contributed by atoms with Crippen LogP contribution in [0.3, 0.4) is 0 Å². The van der Waals surface area contributed by atoms with E-state index in [2.05, 4.69) is 46.7 Å². The van der Waals surface area contributed by atoms with Crippen molar-refractivity contribution < 1.29 is 9.47 Å². The van der Waals surface area contributed by atoms with Gasteiger partial charge in [0, 0.05) is 26.2 Å². The molecule has 0 bridgehead atoms. The molecular weight excluding hydrogens is 491 g/mol. The lowest BCUT2D eigenvalue weighted by Crippen LogP contribution is -2.39. The van der Waals surface area contributed by atoms with Crippen LogP contribution in [0.2, 0.25) is 0 Å². The van der Waals surface area contributed by atoms with E-state index in [9.17, 15) is 0 Å². The van der Waals surface area contributed by atoms with Gasteiger partial charge in [0.05, 0.1) is 25.9 Å². The Kier molecular flexibility index (Phi) is 12.7. The Morgan fingerprint density at radius 3 is 2.57 bits per heavy atom. The summed E-state index contributed by atoms with van der Waals surface area (Å²) in [7, 11) is 0. The maximum Gasteiger partial charge on any atom is 0.191 e. The van der Waals surface area contributed by atoms with Crippen LogP contribution in [0, 0.1) is 0 Å². The highest BCUT2D eigenvalue weighted by Gasteiger charge is 2.15. The quantitative estimate of drug-likeness (QED) is 0.210. The second-order valence-corrected chi connectivity index (χ2v) is 7.99. The number of aliphatic imine (C=N–C) groups is 1. The Balaban J connectivity index is 0.00000320. The van der Waals surface area contributed by atoms with Gasteiger partial charge < -0.3 is 20.1 Å². The summed E-state index contributed by atoms with van der Waals surface area (Å²) >= 11 is 0. The fourth-order valence-electron chi connectivity index (χ4n) is 3.87. The molecule has 3 rings (SSSR count). The zero-order chi connectivity index (χ0) is 20.2. The van der Waals surface area contributed by atoms with Crippen LogP contribution >= 0.6 is 24.0 Å². The minimum Gasteiger partial charge on any atom is -0.377 e. The van der Waals surface area contributed by atoms with E-state index in [0.717, 1.165) is 45.0 Å². The van der Waals surface area contributed by atoms with Gasteiger partial charge in [0.15, 0.2) is 5.96 Å². The molecule has 6 nitrogen and oxygen atoms in total. The standard InChI is InChI=1S/C23H38N4O2.HI/c1-2-24-23(25-12-16-28-19-22-7-6-15-29-22)26-17-20-8-10-21(11-9-20)18-27-13-4-3-5-14-27;/h8-11,22H,2-7,12-19H2,1H3,(H2,24,25,26);1H. The first kappa shape index (κ1) is 25.4. The lowest BCUT2D eigenvalue weighted by Gasteiger charge is -2.26. The molecule has 1 aromatic rings. The summed E-state index contributed by atoms with van der Waals surface area (Å²) in [5.41, 5.74) is 2.63. The molecular formula is C23H39IN4O2. The molecule has 2 aliphatic rings. The molecule has 0 aromatic heterocycles. The van der Waals surface area contributed by atoms with E-state index in [1.54, 1.807) is 0 Å². The third-order valence-electron chi connectivity index (χ3n) is 5.51. The van der Waals surface area contributed by atoms with Crippen molar-refractivity contribution in [2.24, 2.45) is 4.99 Å². The number of piperidine rings is 1. The second-order valence-electron chi connectivity index (χ2n) is 7.99. The first-order chi connectivity index (χ1) is 14.3. The SMILES string of the molecule is CCNC(=NCc1ccc(CN2CCCCC2)cc1)NCCOCC1CCCO1.I. The summed E-state index contributed by atoms with van der Waals surface area (Å²) in [5.74, 6) is 0.839. The predicted octanol–water partition coefficient (Wildman–Crippen LogP) is 3.54. The lowest BCUT2D eigenvalue weighted by molar-refractivity contribution is 0.0191. The van der Waals surface area contributed by atoms with Gasteiger partial charge in [0.2, 0.25) is 0 Å². The summed E-state index contributed by atoms with van der Waals surface area (Å²) in [6.45, 7) is 10.1. The van der Waals surface area contributed by atoms with E-state index in [-0.39, 0.29) is 30.1 Å². The molecule has 2 heterocycles. The highest BCUT2D eigenvalue weighted by molar-refractivity contribution is 14.0. The Labute approximate surface area is 199 Å². The molecule has 0 radical (unpaired) electrons. The van der Waals surface area contributed by atoms with Gasteiger partial charge >= 0.3 is 0 Å². The minimum absolute atomic E-state index is 0. The van der Waals surface area contributed by atoms with Gasteiger partial charge in [-0.25, -0.2) is 4.99 Å². The van der Waals surface area contributed by atoms with Crippen LogP contribution in [-0.2, 0) is 22.6 Å². The molecule has 2 fully saturated rings. The van der Waals surface area contributed by atoms with Crippen molar-refractivity contribution in [2.75, 3.05) is 46.0 Å². The number of likely N-dealkylation sites (tertiary alicyclic amines) is 1. The number of nitrogens with zero attached hydrogens (tertiary/aromatic N) is 2. The molecule has 0 saturated carbocycles. The summed E-state index contributed by atoms with van der Waals surface area (Å²) in [5, 5.41) is 6.65. The van der Waals surface area contributed by atoms with Crippen molar-refractivity contribution in [1.29, 1.82) is 0 Å². The van der Waals surface area contributed by atoms with Gasteiger partial charge in [-0.05, 0) is 56.8 Å². The molecule has 30 heavy (non-hydrogen) atoms. The normalized spacial score (nSPS) is 20.0. The van der Waals surface area contributed by atoms with Crippen LogP contribution in [0.25, 0.3) is 0 Å². The molecule has 2 aliphatic heterocycles. The highest BCUT2D eigenvalue weighted by Crippen LogP contribution is 2.14. The van der Waals surface area contributed by atoms with Gasteiger partial charge in [-0.15, -0.1) is 24.0 Å². The maximum absolute atomic E-state index is 5.71. The van der Waals surface area contributed by atoms with Gasteiger partial charge in [-0.2, -0.15) is 0 Å². The zero-order valence-corrected chi connectivity index (χ0v) is 20.7. The molecule has 170 valence electrons. The number of nitrogens with one attached hydrogen (secondary N) is 2. The topological polar surface area (TPSA) is 58.1 Å². The van der Waals surface area contributed by atoms with Crippen molar-refractivity contribution in [2.45, 2.75) is 58.2 Å². The molecule has 1 atom stereocenters. The van der Waals surface area contributed by atoms with Crippen molar-refractivity contribution in [1.82, 2.24) is 15.5 Å². The molecule has 0 aliphatic carbocycles. The summed E-state index contributed by atoms with van der Waals surface area (Å²) in [6, 6.07) is 8.91. The molecule has 0 spiro atoms. The number of hydrogen-bond donors (Lipinski definition) is 2. The summed E-state index contributed by atoms with van der Waals surface area (Å²) < 4.78 is 11.3. The summed E-state index contributed by atoms with van der Waals surface area (Å²) in [6.07, 6.45) is 6.63. The van der Waals surface area contributed by atoms with Gasteiger partial charge in [-0.3, -0.25) is 4.90 Å². The number of ether oxygens (including phenoxy) is 2. The molecule has 0 amide bonds. The minimum atomic E-state index is 0. The van der Waals surface area contributed by atoms with Crippen LogP contribution in [0.1, 0.15) is 50.2 Å². The third-order valence-corrected chi connectivity index (χ3v) is 5.51. The van der Waals surface area contributed by atoms with Gasteiger partial charge in [-0.1, -0.05) is 30.7 Å². The van der Waals surface area contributed by atoms with E-state index >= 15 is 0 Å². The smallest absolute Gasteiger partial charge is 0.191 e. The molecule has 2 N–H and O–H groups in total. The largest absolute Gasteiger partial charge is 0.377 e. The fraction of sp³-hybridized carbons (Fsp3) is 0.696. The Hall–Kier alpha value is -0.900. The first-order valence-electron chi connectivity index (χ1n) is 11.3. The van der Waals surface area contributed by atoms with Crippen LogP contribution < -0.4 is 10.6 Å². The molecule has 1 aromatic carbocycles. The Bertz CT molecular complexity index is 600. The van der Waals surface area contributed by atoms with E-state index in [4.69, 9.17) is 14.5 Å². The first-order valence-corrected chi connectivity index (χ1v) is 11.3. The number of hydrogen-bond acceptors (Lipinski definition) is 4. The van der Waals surface area contributed by atoms with Gasteiger partial charge in [0.1, 0.15) is 0 Å². The number of rotatable bonds is 10.